The minimum atomic E-state index is -0.161. The number of amides is 1. The zero-order valence-electron chi connectivity index (χ0n) is 18.9. The first kappa shape index (κ1) is 23.8. The molecule has 0 bridgehead atoms. The fraction of sp³-hybridized carbons (Fsp3) is 0.400. The Labute approximate surface area is 203 Å². The summed E-state index contributed by atoms with van der Waals surface area (Å²) < 4.78 is 1.74. The summed E-state index contributed by atoms with van der Waals surface area (Å²) in [5.74, 6) is -0.000152. The number of piperidine rings is 1. The number of fused-ring (bicyclic) bond motifs is 1. The number of thioether (sulfide) groups is 1. The number of anilines is 1. The summed E-state index contributed by atoms with van der Waals surface area (Å²) in [5, 5.41) is 4.69. The SMILES string of the molecule is Cc1ccc(NC(=O)CSc2nc3ccccc3c(=O)n2CCC[NH+]2CCCCC2)cc1Cl. The van der Waals surface area contributed by atoms with Crippen molar-refractivity contribution in [2.75, 3.05) is 30.7 Å². The van der Waals surface area contributed by atoms with Gasteiger partial charge < -0.3 is 10.2 Å². The van der Waals surface area contributed by atoms with Gasteiger partial charge in [0.2, 0.25) is 5.91 Å². The van der Waals surface area contributed by atoms with Crippen LogP contribution in [-0.4, -0.2) is 40.8 Å². The van der Waals surface area contributed by atoms with Crippen LogP contribution in [0, 0.1) is 6.92 Å². The molecular formula is C25H30ClN4O2S+. The van der Waals surface area contributed by atoms with Crippen LogP contribution in [0.25, 0.3) is 10.9 Å². The Morgan fingerprint density at radius 3 is 2.76 bits per heavy atom. The van der Waals surface area contributed by atoms with Gasteiger partial charge in [0.05, 0.1) is 36.3 Å². The number of nitrogens with zero attached hydrogens (tertiary/aromatic N) is 2. The summed E-state index contributed by atoms with van der Waals surface area (Å²) in [4.78, 5) is 32.1. The van der Waals surface area contributed by atoms with Crippen molar-refractivity contribution in [3.05, 3.63) is 63.4 Å². The Morgan fingerprint density at radius 2 is 1.97 bits per heavy atom. The van der Waals surface area contributed by atoms with Gasteiger partial charge in [0.25, 0.3) is 5.56 Å². The standard InChI is InChI=1S/C25H29ClN4O2S/c1-18-10-11-19(16-21(18)26)27-23(31)17-33-25-28-22-9-4-3-8-20(22)24(32)30(25)15-7-14-29-12-5-2-6-13-29/h3-4,8-11,16H,2,5-7,12-15,17H2,1H3,(H,27,31)/p+1. The maximum Gasteiger partial charge on any atom is 0.262 e. The van der Waals surface area contributed by atoms with Crippen molar-refractivity contribution in [2.45, 2.75) is 44.3 Å². The highest BCUT2D eigenvalue weighted by Crippen LogP contribution is 2.21. The number of rotatable bonds is 8. The minimum absolute atomic E-state index is 0.0394. The molecule has 2 N–H and O–H groups in total. The summed E-state index contributed by atoms with van der Waals surface area (Å²) in [6.07, 6.45) is 4.82. The van der Waals surface area contributed by atoms with Gasteiger partial charge in [0.1, 0.15) is 0 Å². The molecule has 3 aromatic rings. The summed E-state index contributed by atoms with van der Waals surface area (Å²) in [6.45, 7) is 6.02. The maximum absolute atomic E-state index is 13.2. The molecule has 0 aliphatic carbocycles. The van der Waals surface area contributed by atoms with E-state index in [1.807, 2.05) is 43.3 Å². The Hall–Kier alpha value is -2.35. The van der Waals surface area contributed by atoms with Crippen molar-refractivity contribution in [1.29, 1.82) is 0 Å². The molecule has 0 atom stereocenters. The maximum atomic E-state index is 13.2. The van der Waals surface area contributed by atoms with Gasteiger partial charge in [-0.25, -0.2) is 4.98 Å². The lowest BCUT2D eigenvalue weighted by molar-refractivity contribution is -0.905. The van der Waals surface area contributed by atoms with E-state index in [9.17, 15) is 9.59 Å². The summed E-state index contributed by atoms with van der Waals surface area (Å²) in [6, 6.07) is 12.8. The van der Waals surface area contributed by atoms with Crippen LogP contribution in [-0.2, 0) is 11.3 Å². The molecule has 0 unspecified atom stereocenters. The number of halogens is 1. The average Bonchev–Trinajstić information content (AvgIpc) is 2.82. The largest absolute Gasteiger partial charge is 0.335 e. The number of nitrogens with one attached hydrogen (secondary N) is 2. The molecule has 4 rings (SSSR count). The van der Waals surface area contributed by atoms with E-state index in [2.05, 4.69) is 5.32 Å². The Kier molecular flexibility index (Phi) is 8.06. The van der Waals surface area contributed by atoms with Gasteiger partial charge in [-0.15, -0.1) is 0 Å². The first-order valence-corrected chi connectivity index (χ1v) is 12.9. The quantitative estimate of drug-likeness (QED) is 0.378. The number of carbonyl (C=O) groups is 1. The summed E-state index contributed by atoms with van der Waals surface area (Å²) in [5.41, 5.74) is 2.24. The van der Waals surface area contributed by atoms with Gasteiger partial charge in [-0.2, -0.15) is 0 Å². The summed E-state index contributed by atoms with van der Waals surface area (Å²) in [7, 11) is 0. The van der Waals surface area contributed by atoms with E-state index in [-0.39, 0.29) is 17.2 Å². The van der Waals surface area contributed by atoms with Crippen LogP contribution < -0.4 is 15.8 Å². The van der Waals surface area contributed by atoms with Gasteiger partial charge in [-0.3, -0.25) is 14.2 Å². The van der Waals surface area contributed by atoms with Crippen LogP contribution in [0.5, 0.6) is 0 Å². The number of carbonyl (C=O) groups excluding carboxylic acids is 1. The van der Waals surface area contributed by atoms with Gasteiger partial charge in [0.15, 0.2) is 5.16 Å². The molecule has 0 radical (unpaired) electrons. The molecule has 1 amide bonds. The number of benzene rings is 2. The van der Waals surface area contributed by atoms with Crippen molar-refractivity contribution in [1.82, 2.24) is 9.55 Å². The first-order chi connectivity index (χ1) is 16.0. The van der Waals surface area contributed by atoms with E-state index >= 15 is 0 Å². The van der Waals surface area contributed by atoms with Crippen LogP contribution in [0.15, 0.2) is 52.4 Å². The van der Waals surface area contributed by atoms with Crippen molar-refractivity contribution >= 4 is 45.9 Å². The van der Waals surface area contributed by atoms with Crippen LogP contribution >= 0.6 is 23.4 Å². The van der Waals surface area contributed by atoms with Crippen molar-refractivity contribution in [2.24, 2.45) is 0 Å². The molecule has 1 aromatic heterocycles. The first-order valence-electron chi connectivity index (χ1n) is 11.5. The molecule has 1 aliphatic rings. The van der Waals surface area contributed by atoms with Gasteiger partial charge in [0, 0.05) is 23.7 Å². The third kappa shape index (κ3) is 6.16. The van der Waals surface area contributed by atoms with E-state index in [4.69, 9.17) is 16.6 Å². The van der Waals surface area contributed by atoms with Gasteiger partial charge >= 0.3 is 0 Å². The third-order valence-electron chi connectivity index (χ3n) is 6.09. The molecule has 0 saturated carbocycles. The molecule has 2 aromatic carbocycles. The molecule has 2 heterocycles. The monoisotopic (exact) mass is 485 g/mol. The Morgan fingerprint density at radius 1 is 1.18 bits per heavy atom. The zero-order chi connectivity index (χ0) is 23.2. The van der Waals surface area contributed by atoms with E-state index in [0.717, 1.165) is 18.5 Å². The van der Waals surface area contributed by atoms with Crippen LogP contribution in [0.1, 0.15) is 31.2 Å². The second kappa shape index (κ2) is 11.2. The third-order valence-corrected chi connectivity index (χ3v) is 7.47. The normalized spacial score (nSPS) is 14.5. The lowest BCUT2D eigenvalue weighted by Gasteiger charge is -2.23. The molecular weight excluding hydrogens is 456 g/mol. The van der Waals surface area contributed by atoms with Gasteiger partial charge in [-0.05, 0) is 56.0 Å². The lowest BCUT2D eigenvalue weighted by Crippen LogP contribution is -3.12. The zero-order valence-corrected chi connectivity index (χ0v) is 20.5. The second-order valence-electron chi connectivity index (χ2n) is 8.58. The predicted molar refractivity (Wildman–Crippen MR) is 136 cm³/mol. The van der Waals surface area contributed by atoms with E-state index in [1.165, 1.54) is 44.1 Å². The number of hydrogen-bond donors (Lipinski definition) is 2. The summed E-state index contributed by atoms with van der Waals surface area (Å²) >= 11 is 7.46. The highest BCUT2D eigenvalue weighted by atomic mass is 35.5. The van der Waals surface area contributed by atoms with Crippen molar-refractivity contribution < 1.29 is 9.69 Å². The number of quaternary nitrogens is 1. The predicted octanol–water partition coefficient (Wildman–Crippen LogP) is 3.55. The van der Waals surface area contributed by atoms with E-state index in [1.54, 1.807) is 15.5 Å². The molecule has 174 valence electrons. The lowest BCUT2D eigenvalue weighted by atomic mass is 10.1. The number of aryl methyl sites for hydroxylation is 1. The smallest absolute Gasteiger partial charge is 0.262 e. The average molecular weight is 486 g/mol. The molecule has 1 fully saturated rings. The van der Waals surface area contributed by atoms with Crippen LogP contribution in [0.3, 0.4) is 0 Å². The van der Waals surface area contributed by atoms with Gasteiger partial charge in [-0.1, -0.05) is 41.6 Å². The second-order valence-corrected chi connectivity index (χ2v) is 9.93. The number of para-hydroxylation sites is 1. The van der Waals surface area contributed by atoms with Crippen LogP contribution in [0.2, 0.25) is 5.02 Å². The van der Waals surface area contributed by atoms with Crippen molar-refractivity contribution in [3.63, 3.8) is 0 Å². The Bertz CT molecular complexity index is 1190. The molecule has 8 heteroatoms. The van der Waals surface area contributed by atoms with E-state index in [0.29, 0.717) is 33.3 Å². The van der Waals surface area contributed by atoms with Crippen molar-refractivity contribution in [3.8, 4) is 0 Å². The number of hydrogen-bond acceptors (Lipinski definition) is 4. The fourth-order valence-corrected chi connectivity index (χ4v) is 5.25. The molecule has 6 nitrogen and oxygen atoms in total. The van der Waals surface area contributed by atoms with Crippen LogP contribution in [0.4, 0.5) is 5.69 Å². The number of likely N-dealkylation sites (tertiary alicyclic amines) is 1. The topological polar surface area (TPSA) is 68.4 Å². The fourth-order valence-electron chi connectivity index (χ4n) is 4.24. The molecule has 1 aliphatic heterocycles. The minimum Gasteiger partial charge on any atom is -0.335 e. The molecule has 33 heavy (non-hydrogen) atoms. The highest BCUT2D eigenvalue weighted by Gasteiger charge is 2.16. The highest BCUT2D eigenvalue weighted by molar-refractivity contribution is 7.99. The Balaban J connectivity index is 1.47. The number of aromatic nitrogens is 2. The van der Waals surface area contributed by atoms with E-state index < -0.39 is 0 Å². The molecule has 0 spiro atoms. The molecule has 1 saturated heterocycles.